The molecule has 0 saturated heterocycles. The third-order valence-corrected chi connectivity index (χ3v) is 5.24. The molecule has 7 heteroatoms. The summed E-state index contributed by atoms with van der Waals surface area (Å²) in [7, 11) is -3.94. The minimum Gasteiger partial charge on any atom is -0.349 e. The molecule has 0 bridgehead atoms. The zero-order valence-electron chi connectivity index (χ0n) is 11.8. The van der Waals surface area contributed by atoms with Gasteiger partial charge in [0.25, 0.3) is 5.91 Å². The number of amides is 1. The van der Waals surface area contributed by atoms with Crippen molar-refractivity contribution in [3.8, 4) is 0 Å². The number of hydrogen-bond acceptors (Lipinski definition) is 3. The molecule has 3 N–H and O–H groups in total. The SMILES string of the molecule is CC1CCC(NC(=O)c2ccc(Cl)c(S(N)(=O)=O)c2)CC1. The van der Waals surface area contributed by atoms with E-state index in [0.29, 0.717) is 5.92 Å². The van der Waals surface area contributed by atoms with Crippen molar-refractivity contribution in [3.05, 3.63) is 28.8 Å². The van der Waals surface area contributed by atoms with Crippen molar-refractivity contribution in [2.45, 2.75) is 43.5 Å². The average molecular weight is 331 g/mol. The van der Waals surface area contributed by atoms with Gasteiger partial charge in [0.15, 0.2) is 0 Å². The molecule has 0 heterocycles. The number of sulfonamides is 1. The fraction of sp³-hybridized carbons (Fsp3) is 0.500. The number of primary sulfonamides is 1. The Hall–Kier alpha value is -1.11. The van der Waals surface area contributed by atoms with E-state index in [1.807, 2.05) is 0 Å². The number of carbonyl (C=O) groups excluding carboxylic acids is 1. The van der Waals surface area contributed by atoms with E-state index in [4.69, 9.17) is 16.7 Å². The van der Waals surface area contributed by atoms with Crippen LogP contribution in [0.3, 0.4) is 0 Å². The Balaban J connectivity index is 2.13. The Labute approximate surface area is 129 Å². The maximum Gasteiger partial charge on any atom is 0.251 e. The van der Waals surface area contributed by atoms with Gasteiger partial charge in [0, 0.05) is 11.6 Å². The lowest BCUT2D eigenvalue weighted by Gasteiger charge is -2.27. The predicted octanol–water partition coefficient (Wildman–Crippen LogP) is 2.30. The summed E-state index contributed by atoms with van der Waals surface area (Å²) in [5.41, 5.74) is 0.252. The number of benzene rings is 1. The van der Waals surface area contributed by atoms with E-state index in [0.717, 1.165) is 25.7 Å². The Morgan fingerprint density at radius 2 is 1.90 bits per heavy atom. The van der Waals surface area contributed by atoms with Crippen molar-refractivity contribution in [3.63, 3.8) is 0 Å². The second-order valence-electron chi connectivity index (χ2n) is 5.62. The lowest BCUT2D eigenvalue weighted by atomic mass is 9.87. The van der Waals surface area contributed by atoms with Crippen molar-refractivity contribution in [1.82, 2.24) is 5.32 Å². The maximum atomic E-state index is 12.2. The smallest absolute Gasteiger partial charge is 0.251 e. The third kappa shape index (κ3) is 4.18. The largest absolute Gasteiger partial charge is 0.349 e. The van der Waals surface area contributed by atoms with Crippen molar-refractivity contribution >= 4 is 27.5 Å². The number of hydrogen-bond donors (Lipinski definition) is 2. The summed E-state index contributed by atoms with van der Waals surface area (Å²) in [6, 6.07) is 4.23. The molecule has 1 fully saturated rings. The van der Waals surface area contributed by atoms with Crippen LogP contribution in [0.1, 0.15) is 43.0 Å². The lowest BCUT2D eigenvalue weighted by molar-refractivity contribution is 0.0923. The summed E-state index contributed by atoms with van der Waals surface area (Å²) < 4.78 is 22.8. The molecule has 2 rings (SSSR count). The number of rotatable bonds is 3. The van der Waals surface area contributed by atoms with Gasteiger partial charge in [0.05, 0.1) is 5.02 Å². The summed E-state index contributed by atoms with van der Waals surface area (Å²) in [5.74, 6) is 0.402. The van der Waals surface area contributed by atoms with E-state index in [9.17, 15) is 13.2 Å². The molecular formula is C14H19ClN2O3S. The van der Waals surface area contributed by atoms with Crippen LogP contribution in [0, 0.1) is 5.92 Å². The molecule has 1 saturated carbocycles. The van der Waals surface area contributed by atoms with Crippen LogP contribution in [0.2, 0.25) is 5.02 Å². The van der Waals surface area contributed by atoms with Crippen molar-refractivity contribution in [2.75, 3.05) is 0 Å². The van der Waals surface area contributed by atoms with Crippen LogP contribution in [0.25, 0.3) is 0 Å². The Morgan fingerprint density at radius 3 is 2.48 bits per heavy atom. The topological polar surface area (TPSA) is 89.3 Å². The first kappa shape index (κ1) is 16.3. The van der Waals surface area contributed by atoms with Gasteiger partial charge < -0.3 is 5.32 Å². The second kappa shape index (κ2) is 6.34. The minimum absolute atomic E-state index is 0.0144. The van der Waals surface area contributed by atoms with Gasteiger partial charge in [-0.25, -0.2) is 13.6 Å². The van der Waals surface area contributed by atoms with E-state index < -0.39 is 10.0 Å². The molecule has 1 aliphatic carbocycles. The van der Waals surface area contributed by atoms with Crippen LogP contribution in [0.5, 0.6) is 0 Å². The van der Waals surface area contributed by atoms with E-state index >= 15 is 0 Å². The molecule has 1 aliphatic rings. The number of nitrogens with one attached hydrogen (secondary N) is 1. The van der Waals surface area contributed by atoms with Crippen molar-refractivity contribution < 1.29 is 13.2 Å². The standard InChI is InChI=1S/C14H19ClN2O3S/c1-9-2-5-11(6-3-9)17-14(18)10-4-7-12(15)13(8-10)21(16,19)20/h4,7-9,11H,2-3,5-6H2,1H3,(H,17,18)(H2,16,19,20). The van der Waals surface area contributed by atoms with Crippen LogP contribution in [0.15, 0.2) is 23.1 Å². The van der Waals surface area contributed by atoms with Gasteiger partial charge in [-0.1, -0.05) is 18.5 Å². The molecule has 0 aliphatic heterocycles. The normalized spacial score (nSPS) is 22.8. The molecule has 0 atom stereocenters. The molecule has 116 valence electrons. The quantitative estimate of drug-likeness (QED) is 0.891. The Kier molecular flexibility index (Phi) is 4.91. The van der Waals surface area contributed by atoms with Gasteiger partial charge in [-0.15, -0.1) is 0 Å². The first-order valence-electron chi connectivity index (χ1n) is 6.90. The lowest BCUT2D eigenvalue weighted by Crippen LogP contribution is -2.37. The Morgan fingerprint density at radius 1 is 1.29 bits per heavy atom. The number of nitrogens with two attached hydrogens (primary N) is 1. The summed E-state index contributed by atoms with van der Waals surface area (Å²) in [6.45, 7) is 2.20. The van der Waals surface area contributed by atoms with E-state index in [-0.39, 0.29) is 27.4 Å². The molecule has 5 nitrogen and oxygen atoms in total. The fourth-order valence-electron chi connectivity index (χ4n) is 2.54. The minimum atomic E-state index is -3.94. The molecule has 0 unspecified atom stereocenters. The second-order valence-corrected chi connectivity index (χ2v) is 7.56. The zero-order valence-corrected chi connectivity index (χ0v) is 13.4. The summed E-state index contributed by atoms with van der Waals surface area (Å²) in [6.07, 6.45) is 4.08. The summed E-state index contributed by atoms with van der Waals surface area (Å²) >= 11 is 5.80. The third-order valence-electron chi connectivity index (χ3n) is 3.85. The highest BCUT2D eigenvalue weighted by Gasteiger charge is 2.21. The predicted molar refractivity (Wildman–Crippen MR) is 81.7 cm³/mol. The van der Waals surface area contributed by atoms with E-state index in [1.54, 1.807) is 0 Å². The van der Waals surface area contributed by atoms with Crippen LogP contribution >= 0.6 is 11.6 Å². The zero-order chi connectivity index (χ0) is 15.6. The first-order chi connectivity index (χ1) is 9.77. The van der Waals surface area contributed by atoms with Crippen LogP contribution in [0.4, 0.5) is 0 Å². The molecule has 1 aromatic rings. The number of carbonyl (C=O) groups is 1. The van der Waals surface area contributed by atoms with Crippen LogP contribution < -0.4 is 10.5 Å². The van der Waals surface area contributed by atoms with Gasteiger partial charge in [0.2, 0.25) is 10.0 Å². The highest BCUT2D eigenvalue weighted by atomic mass is 35.5. The maximum absolute atomic E-state index is 12.2. The van der Waals surface area contributed by atoms with Gasteiger partial charge in [-0.05, 0) is 49.8 Å². The first-order valence-corrected chi connectivity index (χ1v) is 8.83. The fourth-order valence-corrected chi connectivity index (χ4v) is 3.61. The van der Waals surface area contributed by atoms with Gasteiger partial charge in [-0.2, -0.15) is 0 Å². The van der Waals surface area contributed by atoms with Gasteiger partial charge in [0.1, 0.15) is 4.90 Å². The monoisotopic (exact) mass is 330 g/mol. The van der Waals surface area contributed by atoms with Crippen molar-refractivity contribution in [2.24, 2.45) is 11.1 Å². The molecular weight excluding hydrogens is 312 g/mol. The van der Waals surface area contributed by atoms with Gasteiger partial charge in [-0.3, -0.25) is 4.79 Å². The summed E-state index contributed by atoms with van der Waals surface area (Å²) in [5, 5.41) is 8.03. The van der Waals surface area contributed by atoms with Gasteiger partial charge >= 0.3 is 0 Å². The molecule has 0 spiro atoms. The van der Waals surface area contributed by atoms with Crippen LogP contribution in [-0.2, 0) is 10.0 Å². The number of halogens is 1. The van der Waals surface area contributed by atoms with E-state index in [1.165, 1.54) is 18.2 Å². The van der Waals surface area contributed by atoms with Crippen LogP contribution in [-0.4, -0.2) is 20.4 Å². The Bertz CT molecular complexity index is 638. The molecule has 1 aromatic carbocycles. The molecule has 21 heavy (non-hydrogen) atoms. The highest BCUT2D eigenvalue weighted by molar-refractivity contribution is 7.89. The summed E-state index contributed by atoms with van der Waals surface area (Å²) in [4.78, 5) is 12.0. The molecule has 0 radical (unpaired) electrons. The highest BCUT2D eigenvalue weighted by Crippen LogP contribution is 2.25. The molecule has 1 amide bonds. The van der Waals surface area contributed by atoms with Crippen molar-refractivity contribution in [1.29, 1.82) is 0 Å². The average Bonchev–Trinajstić information content (AvgIpc) is 2.40. The molecule has 0 aromatic heterocycles. The van der Waals surface area contributed by atoms with E-state index in [2.05, 4.69) is 12.2 Å².